The van der Waals surface area contributed by atoms with Crippen LogP contribution in [0.25, 0.3) is 0 Å². The monoisotopic (exact) mass is 272 g/mol. The van der Waals surface area contributed by atoms with E-state index in [1.54, 1.807) is 6.08 Å². The van der Waals surface area contributed by atoms with Crippen LogP contribution in [0.1, 0.15) is 27.7 Å². The van der Waals surface area contributed by atoms with Crippen LogP contribution in [-0.2, 0) is 14.1 Å². The van der Waals surface area contributed by atoms with E-state index in [1.807, 2.05) is 39.8 Å². The molecular formula is C14H17BN2O3. The predicted molar refractivity (Wildman–Crippen MR) is 77.7 cm³/mol. The van der Waals surface area contributed by atoms with E-state index in [1.165, 1.54) is 6.34 Å². The Morgan fingerprint density at radius 1 is 1.20 bits per heavy atom. The maximum atomic E-state index is 11.6. The summed E-state index contributed by atoms with van der Waals surface area (Å²) in [6.07, 6.45) is 6.82. The second-order valence-corrected chi connectivity index (χ2v) is 6.21. The van der Waals surface area contributed by atoms with Gasteiger partial charge >= 0.3 is 7.12 Å². The first-order chi connectivity index (χ1) is 9.30. The molecule has 0 bridgehead atoms. The number of carbonyl (C=O) groups is 1. The van der Waals surface area contributed by atoms with Gasteiger partial charge in [-0.05, 0) is 39.2 Å². The molecule has 0 aromatic rings. The zero-order valence-electron chi connectivity index (χ0n) is 12.1. The minimum absolute atomic E-state index is 0.185. The highest BCUT2D eigenvalue weighted by Gasteiger charge is 2.52. The molecule has 20 heavy (non-hydrogen) atoms. The van der Waals surface area contributed by atoms with E-state index in [4.69, 9.17) is 9.31 Å². The van der Waals surface area contributed by atoms with Gasteiger partial charge in [0.05, 0.1) is 16.9 Å². The van der Waals surface area contributed by atoms with Crippen molar-refractivity contribution in [2.45, 2.75) is 38.9 Å². The van der Waals surface area contributed by atoms with Gasteiger partial charge < -0.3 is 9.31 Å². The molecule has 2 aliphatic heterocycles. The SMILES string of the molecule is CC1(C)OB(C2=CC3=NC=NC(=O)C3C=C2)OC1(C)C. The maximum absolute atomic E-state index is 11.6. The molecule has 1 atom stereocenters. The lowest BCUT2D eigenvalue weighted by atomic mass is 9.73. The summed E-state index contributed by atoms with van der Waals surface area (Å²) < 4.78 is 12.0. The summed E-state index contributed by atoms with van der Waals surface area (Å²) in [5.41, 5.74) is 0.808. The fraction of sp³-hybridized carbons (Fsp3) is 0.500. The molecule has 3 rings (SSSR count). The Morgan fingerprint density at radius 3 is 2.50 bits per heavy atom. The quantitative estimate of drug-likeness (QED) is 0.683. The molecule has 0 saturated carbocycles. The van der Waals surface area contributed by atoms with Gasteiger partial charge in [0.15, 0.2) is 0 Å². The molecule has 0 spiro atoms. The topological polar surface area (TPSA) is 60.2 Å². The minimum Gasteiger partial charge on any atom is -0.399 e. The molecule has 0 radical (unpaired) electrons. The van der Waals surface area contributed by atoms with Gasteiger partial charge in [-0.3, -0.25) is 4.79 Å². The summed E-state index contributed by atoms with van der Waals surface area (Å²) in [6.45, 7) is 8.04. The van der Waals surface area contributed by atoms with Crippen molar-refractivity contribution in [2.24, 2.45) is 15.9 Å². The molecule has 3 aliphatic rings. The average Bonchev–Trinajstić information content (AvgIpc) is 2.58. The lowest BCUT2D eigenvalue weighted by molar-refractivity contribution is -0.118. The van der Waals surface area contributed by atoms with Crippen molar-refractivity contribution in [3.05, 3.63) is 23.7 Å². The third-order valence-electron chi connectivity index (χ3n) is 4.30. The van der Waals surface area contributed by atoms with Crippen molar-refractivity contribution in [2.75, 3.05) is 0 Å². The van der Waals surface area contributed by atoms with Crippen molar-refractivity contribution >= 4 is 25.1 Å². The van der Waals surface area contributed by atoms with E-state index in [2.05, 4.69) is 9.98 Å². The zero-order chi connectivity index (χ0) is 14.5. The molecule has 1 saturated heterocycles. The molecule has 1 aliphatic carbocycles. The third-order valence-corrected chi connectivity index (χ3v) is 4.30. The second kappa shape index (κ2) is 4.23. The number of hydrogen-bond acceptors (Lipinski definition) is 4. The number of nitrogens with zero attached hydrogens (tertiary/aromatic N) is 2. The first-order valence-corrected chi connectivity index (χ1v) is 6.70. The second-order valence-electron chi connectivity index (χ2n) is 6.21. The smallest absolute Gasteiger partial charge is 0.399 e. The molecule has 0 aromatic heterocycles. The molecule has 2 heterocycles. The summed E-state index contributed by atoms with van der Waals surface area (Å²) in [5.74, 6) is -0.554. The Bertz CT molecular complexity index is 571. The van der Waals surface area contributed by atoms with Crippen LogP contribution < -0.4 is 0 Å². The van der Waals surface area contributed by atoms with E-state index in [0.29, 0.717) is 5.71 Å². The Kier molecular flexibility index (Phi) is 2.85. The number of aliphatic imine (C=N–C) groups is 2. The molecule has 5 nitrogen and oxygen atoms in total. The molecule has 1 amide bonds. The maximum Gasteiger partial charge on any atom is 0.494 e. The molecule has 104 valence electrons. The van der Waals surface area contributed by atoms with Crippen molar-refractivity contribution in [1.82, 2.24) is 0 Å². The summed E-state index contributed by atoms with van der Waals surface area (Å²) in [7, 11) is -0.436. The molecule has 1 unspecified atom stereocenters. The van der Waals surface area contributed by atoms with Crippen molar-refractivity contribution in [3.8, 4) is 0 Å². The summed E-state index contributed by atoms with van der Waals surface area (Å²) in [4.78, 5) is 19.5. The summed E-state index contributed by atoms with van der Waals surface area (Å²) >= 11 is 0. The predicted octanol–water partition coefficient (Wildman–Crippen LogP) is 1.74. The standard InChI is InChI=1S/C14H17BN2O3/c1-13(2)14(3,4)20-15(19-13)9-5-6-10-11(7-9)16-8-17-12(10)18/h5-8,10H,1-4H3. The van der Waals surface area contributed by atoms with Gasteiger partial charge in [-0.2, -0.15) is 0 Å². The van der Waals surface area contributed by atoms with E-state index in [9.17, 15) is 4.79 Å². The van der Waals surface area contributed by atoms with E-state index in [0.717, 1.165) is 5.47 Å². The fourth-order valence-corrected chi connectivity index (χ4v) is 2.30. The minimum atomic E-state index is -0.436. The van der Waals surface area contributed by atoms with Crippen molar-refractivity contribution in [3.63, 3.8) is 0 Å². The van der Waals surface area contributed by atoms with Crippen molar-refractivity contribution in [1.29, 1.82) is 0 Å². The number of carbonyl (C=O) groups excluding carboxylic acids is 1. The molecule has 1 fully saturated rings. The van der Waals surface area contributed by atoms with Crippen LogP contribution in [0.2, 0.25) is 0 Å². The average molecular weight is 272 g/mol. The Balaban J connectivity index is 1.87. The van der Waals surface area contributed by atoms with E-state index >= 15 is 0 Å². The number of allylic oxidation sites excluding steroid dienone is 3. The highest BCUT2D eigenvalue weighted by molar-refractivity contribution is 6.56. The Morgan fingerprint density at radius 2 is 1.85 bits per heavy atom. The first kappa shape index (κ1) is 13.5. The van der Waals surface area contributed by atoms with Gasteiger partial charge in [-0.15, -0.1) is 0 Å². The van der Waals surface area contributed by atoms with Gasteiger partial charge in [0.1, 0.15) is 12.3 Å². The molecule has 6 heteroatoms. The van der Waals surface area contributed by atoms with Crippen LogP contribution in [0.15, 0.2) is 33.7 Å². The molecule has 0 N–H and O–H groups in total. The largest absolute Gasteiger partial charge is 0.494 e. The molecular weight excluding hydrogens is 255 g/mol. The summed E-state index contributed by atoms with van der Waals surface area (Å²) in [6, 6.07) is 0. The Labute approximate surface area is 118 Å². The number of fused-ring (bicyclic) bond motifs is 1. The van der Waals surface area contributed by atoms with Crippen LogP contribution in [0.5, 0.6) is 0 Å². The highest BCUT2D eigenvalue weighted by Crippen LogP contribution is 2.39. The number of rotatable bonds is 1. The normalized spacial score (nSPS) is 30.1. The van der Waals surface area contributed by atoms with Gasteiger partial charge in [0.2, 0.25) is 0 Å². The Hall–Kier alpha value is -1.53. The van der Waals surface area contributed by atoms with E-state index < -0.39 is 7.12 Å². The number of hydrogen-bond donors (Lipinski definition) is 0. The lowest BCUT2D eigenvalue weighted by Crippen LogP contribution is -2.41. The zero-order valence-corrected chi connectivity index (χ0v) is 12.1. The van der Waals surface area contributed by atoms with Crippen LogP contribution >= 0.6 is 0 Å². The first-order valence-electron chi connectivity index (χ1n) is 6.70. The van der Waals surface area contributed by atoms with Crippen LogP contribution in [0.4, 0.5) is 0 Å². The number of amides is 1. The van der Waals surface area contributed by atoms with E-state index in [-0.39, 0.29) is 23.0 Å². The van der Waals surface area contributed by atoms with Gasteiger partial charge in [0.25, 0.3) is 5.91 Å². The van der Waals surface area contributed by atoms with Crippen LogP contribution in [-0.4, -0.2) is 36.3 Å². The third kappa shape index (κ3) is 1.99. The highest BCUT2D eigenvalue weighted by atomic mass is 16.7. The van der Waals surface area contributed by atoms with Crippen LogP contribution in [0, 0.1) is 5.92 Å². The summed E-state index contributed by atoms with van der Waals surface area (Å²) in [5, 5.41) is 0. The van der Waals surface area contributed by atoms with Gasteiger partial charge in [-0.25, -0.2) is 9.98 Å². The van der Waals surface area contributed by atoms with Crippen LogP contribution in [0.3, 0.4) is 0 Å². The van der Waals surface area contributed by atoms with Crippen molar-refractivity contribution < 1.29 is 14.1 Å². The van der Waals surface area contributed by atoms with Gasteiger partial charge in [0, 0.05) is 0 Å². The lowest BCUT2D eigenvalue weighted by Gasteiger charge is -2.32. The molecule has 0 aromatic carbocycles. The fourth-order valence-electron chi connectivity index (χ4n) is 2.30. The van der Waals surface area contributed by atoms with Gasteiger partial charge in [-0.1, -0.05) is 12.2 Å².